The van der Waals surface area contributed by atoms with Crippen LogP contribution in [0.3, 0.4) is 0 Å². The molecule has 7 nitrogen and oxygen atoms in total. The van der Waals surface area contributed by atoms with Crippen LogP contribution in [-0.4, -0.2) is 38.5 Å². The molecule has 2 aromatic carbocycles. The Morgan fingerprint density at radius 3 is 2.56 bits per heavy atom. The number of rotatable bonds is 8. The maximum Gasteiger partial charge on any atom is 0.344 e. The van der Waals surface area contributed by atoms with Crippen LogP contribution < -0.4 is 14.8 Å². The molecule has 0 atom stereocenters. The number of carbonyl (C=O) groups is 3. The molecule has 142 valence electrons. The molecule has 0 aliphatic heterocycles. The van der Waals surface area contributed by atoms with Crippen molar-refractivity contribution >= 4 is 23.9 Å². The number of halogens is 1. The first-order valence-electron chi connectivity index (χ1n) is 7.90. The van der Waals surface area contributed by atoms with Gasteiger partial charge in [0.25, 0.3) is 5.91 Å². The highest BCUT2D eigenvalue weighted by Crippen LogP contribution is 2.27. The van der Waals surface area contributed by atoms with Gasteiger partial charge in [0.2, 0.25) is 0 Å². The number of hydrogen-bond acceptors (Lipinski definition) is 6. The summed E-state index contributed by atoms with van der Waals surface area (Å²) in [6, 6.07) is 8.68. The maximum absolute atomic E-state index is 13.4. The molecule has 0 aliphatic rings. The highest BCUT2D eigenvalue weighted by Gasteiger charge is 2.12. The Hall–Kier alpha value is -3.42. The van der Waals surface area contributed by atoms with Crippen molar-refractivity contribution in [2.24, 2.45) is 0 Å². The molecule has 0 unspecified atom stereocenters. The Kier molecular flexibility index (Phi) is 6.87. The van der Waals surface area contributed by atoms with Crippen molar-refractivity contribution in [2.75, 3.05) is 25.6 Å². The monoisotopic (exact) mass is 375 g/mol. The average Bonchev–Trinajstić information content (AvgIpc) is 2.67. The largest absolute Gasteiger partial charge is 0.493 e. The SMILES string of the molecule is COc1cc(C=O)ccc1OCC(=O)OCC(=O)Nc1ccc(C)c(F)c1. The molecule has 0 saturated heterocycles. The van der Waals surface area contributed by atoms with Gasteiger partial charge in [0.1, 0.15) is 12.1 Å². The van der Waals surface area contributed by atoms with E-state index < -0.39 is 30.9 Å². The second-order valence-corrected chi connectivity index (χ2v) is 5.49. The van der Waals surface area contributed by atoms with Gasteiger partial charge < -0.3 is 19.5 Å². The number of ether oxygens (including phenoxy) is 3. The van der Waals surface area contributed by atoms with E-state index in [0.29, 0.717) is 17.4 Å². The molecule has 8 heteroatoms. The van der Waals surface area contributed by atoms with Gasteiger partial charge in [-0.2, -0.15) is 0 Å². The molecule has 2 rings (SSSR count). The minimum absolute atomic E-state index is 0.250. The fraction of sp³-hybridized carbons (Fsp3) is 0.211. The van der Waals surface area contributed by atoms with E-state index in [9.17, 15) is 18.8 Å². The molecule has 0 aromatic heterocycles. The smallest absolute Gasteiger partial charge is 0.344 e. The fourth-order valence-electron chi connectivity index (χ4n) is 2.07. The number of carbonyl (C=O) groups excluding carboxylic acids is 3. The highest BCUT2D eigenvalue weighted by atomic mass is 19.1. The van der Waals surface area contributed by atoms with Crippen molar-refractivity contribution in [3.63, 3.8) is 0 Å². The summed E-state index contributed by atoms with van der Waals surface area (Å²) in [5.74, 6) is -1.31. The summed E-state index contributed by atoms with van der Waals surface area (Å²) in [6.07, 6.45) is 0.652. The van der Waals surface area contributed by atoms with Crippen LogP contribution in [0.1, 0.15) is 15.9 Å². The second-order valence-electron chi connectivity index (χ2n) is 5.49. The van der Waals surface area contributed by atoms with Crippen LogP contribution >= 0.6 is 0 Å². The van der Waals surface area contributed by atoms with Crippen molar-refractivity contribution < 1.29 is 33.0 Å². The Balaban J connectivity index is 1.81. The minimum atomic E-state index is -0.776. The molecule has 0 aliphatic carbocycles. The lowest BCUT2D eigenvalue weighted by Crippen LogP contribution is -2.23. The number of hydrogen-bond donors (Lipinski definition) is 1. The quantitative estimate of drug-likeness (QED) is 0.563. The maximum atomic E-state index is 13.4. The molecule has 0 radical (unpaired) electrons. The summed E-state index contributed by atoms with van der Waals surface area (Å²) in [6.45, 7) is 0.604. The lowest BCUT2D eigenvalue weighted by molar-refractivity contribution is -0.149. The number of amides is 1. The number of methoxy groups -OCH3 is 1. The predicted molar refractivity (Wildman–Crippen MR) is 94.6 cm³/mol. The van der Waals surface area contributed by atoms with Crippen LogP contribution in [0.25, 0.3) is 0 Å². The van der Waals surface area contributed by atoms with Crippen LogP contribution in [0.2, 0.25) is 0 Å². The van der Waals surface area contributed by atoms with Crippen LogP contribution in [-0.2, 0) is 14.3 Å². The molecule has 2 aromatic rings. The number of aldehydes is 1. The molecular weight excluding hydrogens is 357 g/mol. The van der Waals surface area contributed by atoms with Crippen LogP contribution in [0.15, 0.2) is 36.4 Å². The highest BCUT2D eigenvalue weighted by molar-refractivity contribution is 5.92. The summed E-state index contributed by atoms with van der Waals surface area (Å²) in [4.78, 5) is 34.2. The van der Waals surface area contributed by atoms with Crippen molar-refractivity contribution in [3.8, 4) is 11.5 Å². The number of nitrogens with one attached hydrogen (secondary N) is 1. The van der Waals surface area contributed by atoms with Gasteiger partial charge in [0.15, 0.2) is 24.7 Å². The van der Waals surface area contributed by atoms with Gasteiger partial charge in [-0.3, -0.25) is 9.59 Å². The zero-order valence-electron chi connectivity index (χ0n) is 14.8. The summed E-state index contributed by atoms with van der Waals surface area (Å²) in [5, 5.41) is 2.42. The van der Waals surface area contributed by atoms with Gasteiger partial charge in [0, 0.05) is 11.3 Å². The standard InChI is InChI=1S/C19H18FNO6/c1-12-3-5-14(8-15(12)20)21-18(23)10-27-19(24)11-26-16-6-4-13(9-22)7-17(16)25-2/h3-9H,10-11H2,1-2H3,(H,21,23). The van der Waals surface area contributed by atoms with E-state index >= 15 is 0 Å². The van der Waals surface area contributed by atoms with Gasteiger partial charge in [-0.25, -0.2) is 9.18 Å². The van der Waals surface area contributed by atoms with Gasteiger partial charge >= 0.3 is 5.97 Å². The number of esters is 1. The zero-order valence-corrected chi connectivity index (χ0v) is 14.8. The molecule has 0 saturated carbocycles. The van der Waals surface area contributed by atoms with Crippen molar-refractivity contribution in [2.45, 2.75) is 6.92 Å². The number of anilines is 1. The Bertz CT molecular complexity index is 852. The van der Waals surface area contributed by atoms with E-state index in [4.69, 9.17) is 14.2 Å². The predicted octanol–water partition coefficient (Wildman–Crippen LogP) is 2.52. The number of aryl methyl sites for hydroxylation is 1. The van der Waals surface area contributed by atoms with Crippen LogP contribution in [0.4, 0.5) is 10.1 Å². The van der Waals surface area contributed by atoms with Crippen molar-refractivity contribution in [1.29, 1.82) is 0 Å². The topological polar surface area (TPSA) is 90.9 Å². The molecule has 0 bridgehead atoms. The third-order valence-corrected chi connectivity index (χ3v) is 3.49. The molecule has 1 amide bonds. The number of benzene rings is 2. The van der Waals surface area contributed by atoms with Crippen molar-refractivity contribution in [3.05, 3.63) is 53.3 Å². The molecule has 1 N–H and O–H groups in total. The fourth-order valence-corrected chi connectivity index (χ4v) is 2.07. The van der Waals surface area contributed by atoms with E-state index in [2.05, 4.69) is 5.32 Å². The summed E-state index contributed by atoms with van der Waals surface area (Å²) in [5.41, 5.74) is 1.11. The molecule has 0 heterocycles. The van der Waals surface area contributed by atoms with Gasteiger partial charge in [-0.1, -0.05) is 6.07 Å². The lowest BCUT2D eigenvalue weighted by Gasteiger charge is -2.11. The third kappa shape index (κ3) is 5.81. The zero-order chi connectivity index (χ0) is 19.8. The van der Waals surface area contributed by atoms with Crippen LogP contribution in [0, 0.1) is 12.7 Å². The molecule has 0 fully saturated rings. The van der Waals surface area contributed by atoms with Gasteiger partial charge in [-0.05, 0) is 42.8 Å². The summed E-state index contributed by atoms with van der Waals surface area (Å²) < 4.78 is 28.6. The first kappa shape index (κ1) is 19.9. The lowest BCUT2D eigenvalue weighted by atomic mass is 10.2. The van der Waals surface area contributed by atoms with E-state index in [1.165, 1.54) is 43.5 Å². The summed E-state index contributed by atoms with van der Waals surface area (Å²) in [7, 11) is 1.40. The van der Waals surface area contributed by atoms with E-state index in [-0.39, 0.29) is 17.2 Å². The molecular formula is C19H18FNO6. The van der Waals surface area contributed by atoms with E-state index in [0.717, 1.165) is 0 Å². The van der Waals surface area contributed by atoms with Crippen molar-refractivity contribution in [1.82, 2.24) is 0 Å². The normalized spacial score (nSPS) is 10.0. The second kappa shape index (κ2) is 9.33. The Labute approximate surface area is 155 Å². The van der Waals surface area contributed by atoms with Gasteiger partial charge in [0.05, 0.1) is 7.11 Å². The van der Waals surface area contributed by atoms with Gasteiger partial charge in [-0.15, -0.1) is 0 Å². The Morgan fingerprint density at radius 2 is 1.89 bits per heavy atom. The first-order chi connectivity index (χ1) is 12.9. The average molecular weight is 375 g/mol. The van der Waals surface area contributed by atoms with Crippen LogP contribution in [0.5, 0.6) is 11.5 Å². The Morgan fingerprint density at radius 1 is 1.11 bits per heavy atom. The summed E-state index contributed by atoms with van der Waals surface area (Å²) >= 11 is 0. The minimum Gasteiger partial charge on any atom is -0.493 e. The van der Waals surface area contributed by atoms with E-state index in [1.54, 1.807) is 6.92 Å². The van der Waals surface area contributed by atoms with E-state index in [1.807, 2.05) is 0 Å². The third-order valence-electron chi connectivity index (χ3n) is 3.49. The molecule has 0 spiro atoms. The molecule has 27 heavy (non-hydrogen) atoms. The first-order valence-corrected chi connectivity index (χ1v) is 7.90.